The Morgan fingerprint density at radius 3 is 2.30 bits per heavy atom. The van der Waals surface area contributed by atoms with Crippen LogP contribution >= 0.6 is 0 Å². The van der Waals surface area contributed by atoms with Gasteiger partial charge in [-0.05, 0) is 51.0 Å². The molecule has 0 atom stereocenters. The number of ether oxygens (including phenoxy) is 1. The molecule has 0 heterocycles. The highest BCUT2D eigenvalue weighted by molar-refractivity contribution is 7.89. The Morgan fingerprint density at radius 2 is 1.78 bits per heavy atom. The lowest BCUT2D eigenvalue weighted by Gasteiger charge is -2.35. The van der Waals surface area contributed by atoms with Crippen LogP contribution < -0.4 is 9.46 Å². The Kier molecular flexibility index (Phi) is 6.06. The Hall–Kier alpha value is -1.11. The van der Waals surface area contributed by atoms with E-state index in [1.54, 1.807) is 24.3 Å². The van der Waals surface area contributed by atoms with Crippen LogP contribution in [0.3, 0.4) is 0 Å². The predicted molar refractivity (Wildman–Crippen MR) is 90.0 cm³/mol. The van der Waals surface area contributed by atoms with E-state index in [2.05, 4.69) is 4.72 Å². The first-order valence-corrected chi connectivity index (χ1v) is 9.72. The zero-order valence-corrected chi connectivity index (χ0v) is 14.7. The van der Waals surface area contributed by atoms with Crippen LogP contribution in [0, 0.1) is 5.41 Å². The monoisotopic (exact) mass is 341 g/mol. The molecule has 0 aromatic heterocycles. The zero-order valence-electron chi connectivity index (χ0n) is 13.9. The lowest BCUT2D eigenvalue weighted by Crippen LogP contribution is -2.41. The van der Waals surface area contributed by atoms with E-state index in [1.165, 1.54) is 0 Å². The number of sulfonamides is 1. The fourth-order valence-electron chi connectivity index (χ4n) is 2.99. The minimum atomic E-state index is -3.57. The van der Waals surface area contributed by atoms with Crippen molar-refractivity contribution in [3.8, 4) is 5.75 Å². The molecular weight excluding hydrogens is 314 g/mol. The standard InChI is InChI=1S/C17H27NO4S/c1-14(2)22-15-6-8-16(9-7-15)23(20,21)18-12-17(13-19)10-4-3-5-11-17/h6-9,14,18-19H,3-5,10-13H2,1-2H3. The van der Waals surface area contributed by atoms with Crippen molar-refractivity contribution in [2.24, 2.45) is 5.41 Å². The molecule has 23 heavy (non-hydrogen) atoms. The molecule has 0 radical (unpaired) electrons. The largest absolute Gasteiger partial charge is 0.491 e. The van der Waals surface area contributed by atoms with Gasteiger partial charge >= 0.3 is 0 Å². The molecule has 2 rings (SSSR count). The number of rotatable bonds is 7. The van der Waals surface area contributed by atoms with Gasteiger partial charge < -0.3 is 9.84 Å². The second-order valence-corrected chi connectivity index (χ2v) is 8.45. The topological polar surface area (TPSA) is 75.6 Å². The summed E-state index contributed by atoms with van der Waals surface area (Å²) in [7, 11) is -3.57. The number of nitrogens with one attached hydrogen (secondary N) is 1. The van der Waals surface area contributed by atoms with E-state index in [9.17, 15) is 13.5 Å². The normalized spacial score (nSPS) is 18.1. The van der Waals surface area contributed by atoms with Gasteiger partial charge in [0.2, 0.25) is 10.0 Å². The highest BCUT2D eigenvalue weighted by Gasteiger charge is 2.32. The highest BCUT2D eigenvalue weighted by Crippen LogP contribution is 2.35. The molecule has 1 fully saturated rings. The summed E-state index contributed by atoms with van der Waals surface area (Å²) in [6, 6.07) is 6.42. The second kappa shape index (κ2) is 7.64. The molecule has 0 unspecified atom stereocenters. The average molecular weight is 341 g/mol. The summed E-state index contributed by atoms with van der Waals surface area (Å²) in [6.07, 6.45) is 5.03. The lowest BCUT2D eigenvalue weighted by atomic mass is 9.75. The van der Waals surface area contributed by atoms with Crippen LogP contribution in [-0.2, 0) is 10.0 Å². The van der Waals surface area contributed by atoms with Crippen molar-refractivity contribution in [2.75, 3.05) is 13.2 Å². The van der Waals surface area contributed by atoms with Gasteiger partial charge in [-0.1, -0.05) is 19.3 Å². The van der Waals surface area contributed by atoms with E-state index >= 15 is 0 Å². The van der Waals surface area contributed by atoms with Crippen LogP contribution in [0.15, 0.2) is 29.2 Å². The first kappa shape index (κ1) is 18.2. The molecule has 1 aliphatic carbocycles. The van der Waals surface area contributed by atoms with Gasteiger partial charge in [-0.25, -0.2) is 13.1 Å². The number of hydrogen-bond donors (Lipinski definition) is 2. The minimum Gasteiger partial charge on any atom is -0.491 e. The summed E-state index contributed by atoms with van der Waals surface area (Å²) >= 11 is 0. The van der Waals surface area contributed by atoms with Crippen molar-refractivity contribution in [1.82, 2.24) is 4.72 Å². The Bertz CT molecular complexity index is 590. The summed E-state index contributed by atoms with van der Waals surface area (Å²) in [5.41, 5.74) is -0.313. The van der Waals surface area contributed by atoms with Gasteiger partial charge in [0, 0.05) is 18.6 Å². The molecule has 0 saturated heterocycles. The Labute approximate surface area is 139 Å². The van der Waals surface area contributed by atoms with E-state index in [0.717, 1.165) is 32.1 Å². The summed E-state index contributed by atoms with van der Waals surface area (Å²) < 4.78 is 33.1. The van der Waals surface area contributed by atoms with Crippen molar-refractivity contribution in [1.29, 1.82) is 0 Å². The maximum Gasteiger partial charge on any atom is 0.240 e. The molecular formula is C17H27NO4S. The fraction of sp³-hybridized carbons (Fsp3) is 0.647. The second-order valence-electron chi connectivity index (χ2n) is 6.68. The average Bonchev–Trinajstić information content (AvgIpc) is 2.54. The number of aliphatic hydroxyl groups is 1. The molecule has 1 saturated carbocycles. The molecule has 5 nitrogen and oxygen atoms in total. The molecule has 130 valence electrons. The van der Waals surface area contributed by atoms with E-state index in [-0.39, 0.29) is 29.6 Å². The molecule has 0 aliphatic heterocycles. The first-order valence-electron chi connectivity index (χ1n) is 8.24. The zero-order chi connectivity index (χ0) is 16.9. The van der Waals surface area contributed by atoms with Gasteiger partial charge in [0.15, 0.2) is 0 Å². The van der Waals surface area contributed by atoms with Crippen LogP contribution in [-0.4, -0.2) is 32.8 Å². The summed E-state index contributed by atoms with van der Waals surface area (Å²) in [5.74, 6) is 0.651. The van der Waals surface area contributed by atoms with Crippen molar-refractivity contribution in [2.45, 2.75) is 57.0 Å². The van der Waals surface area contributed by atoms with Crippen molar-refractivity contribution in [3.05, 3.63) is 24.3 Å². The van der Waals surface area contributed by atoms with E-state index in [1.807, 2.05) is 13.8 Å². The van der Waals surface area contributed by atoms with Crippen LogP contribution in [0.5, 0.6) is 5.75 Å². The first-order chi connectivity index (χ1) is 10.9. The number of benzene rings is 1. The van der Waals surface area contributed by atoms with Gasteiger partial charge in [-0.3, -0.25) is 0 Å². The molecule has 2 N–H and O–H groups in total. The van der Waals surface area contributed by atoms with Crippen molar-refractivity contribution >= 4 is 10.0 Å². The Morgan fingerprint density at radius 1 is 1.17 bits per heavy atom. The van der Waals surface area contributed by atoms with Gasteiger partial charge in [0.05, 0.1) is 11.0 Å². The summed E-state index contributed by atoms with van der Waals surface area (Å²) in [6.45, 7) is 4.15. The van der Waals surface area contributed by atoms with Crippen LogP contribution in [0.2, 0.25) is 0 Å². The van der Waals surface area contributed by atoms with Gasteiger partial charge in [-0.2, -0.15) is 0 Å². The van der Waals surface area contributed by atoms with E-state index in [4.69, 9.17) is 4.74 Å². The van der Waals surface area contributed by atoms with Crippen LogP contribution in [0.4, 0.5) is 0 Å². The third-order valence-electron chi connectivity index (χ3n) is 4.39. The molecule has 0 spiro atoms. The third kappa shape index (κ3) is 4.93. The SMILES string of the molecule is CC(C)Oc1ccc(S(=O)(=O)NCC2(CO)CCCCC2)cc1. The van der Waals surface area contributed by atoms with Crippen molar-refractivity contribution < 1.29 is 18.3 Å². The summed E-state index contributed by atoms with van der Waals surface area (Å²) in [5, 5.41) is 9.68. The lowest BCUT2D eigenvalue weighted by molar-refractivity contribution is 0.0867. The van der Waals surface area contributed by atoms with Crippen molar-refractivity contribution in [3.63, 3.8) is 0 Å². The molecule has 1 aromatic carbocycles. The van der Waals surface area contributed by atoms with Crippen LogP contribution in [0.1, 0.15) is 46.0 Å². The predicted octanol–water partition coefficient (Wildman–Crippen LogP) is 2.69. The van der Waals surface area contributed by atoms with Crippen LogP contribution in [0.25, 0.3) is 0 Å². The van der Waals surface area contributed by atoms with Gasteiger partial charge in [0.1, 0.15) is 5.75 Å². The smallest absolute Gasteiger partial charge is 0.240 e. The van der Waals surface area contributed by atoms with Gasteiger partial charge in [-0.15, -0.1) is 0 Å². The van der Waals surface area contributed by atoms with Gasteiger partial charge in [0.25, 0.3) is 0 Å². The van der Waals surface area contributed by atoms with E-state index < -0.39 is 10.0 Å². The number of aliphatic hydroxyl groups excluding tert-OH is 1. The van der Waals surface area contributed by atoms with E-state index in [0.29, 0.717) is 5.75 Å². The maximum absolute atomic E-state index is 12.4. The highest BCUT2D eigenvalue weighted by atomic mass is 32.2. The molecule has 0 amide bonds. The molecule has 0 bridgehead atoms. The molecule has 1 aromatic rings. The number of hydrogen-bond acceptors (Lipinski definition) is 4. The minimum absolute atomic E-state index is 0.0245. The molecule has 1 aliphatic rings. The Balaban J connectivity index is 2.03. The molecule has 6 heteroatoms. The third-order valence-corrected chi connectivity index (χ3v) is 5.81. The fourth-order valence-corrected chi connectivity index (χ4v) is 4.15. The summed E-state index contributed by atoms with van der Waals surface area (Å²) in [4.78, 5) is 0.220. The maximum atomic E-state index is 12.4. The quantitative estimate of drug-likeness (QED) is 0.799.